The Balaban J connectivity index is 1.34. The third-order valence-corrected chi connectivity index (χ3v) is 5.40. The summed E-state index contributed by atoms with van der Waals surface area (Å²) in [5.41, 5.74) is 1.78. The van der Waals surface area contributed by atoms with Gasteiger partial charge in [-0.25, -0.2) is 9.79 Å². The van der Waals surface area contributed by atoms with Crippen molar-refractivity contribution in [2.24, 2.45) is 9.98 Å². The van der Waals surface area contributed by atoms with Crippen molar-refractivity contribution in [1.82, 2.24) is 14.7 Å². The van der Waals surface area contributed by atoms with E-state index in [1.807, 2.05) is 42.4 Å². The van der Waals surface area contributed by atoms with Crippen LogP contribution in [0.15, 0.2) is 40.1 Å². The predicted octanol–water partition coefficient (Wildman–Crippen LogP) is 2.14. The lowest BCUT2D eigenvalue weighted by Crippen LogP contribution is -2.50. The van der Waals surface area contributed by atoms with Crippen LogP contribution in [0, 0.1) is 6.92 Å². The zero-order valence-electron chi connectivity index (χ0n) is 16.6. The van der Waals surface area contributed by atoms with Crippen LogP contribution in [0.3, 0.4) is 0 Å². The van der Waals surface area contributed by atoms with E-state index in [9.17, 15) is 4.79 Å². The largest absolute Gasteiger partial charge is 0.497 e. The number of carbonyl (C=O) groups excluding carboxylic acids is 1. The summed E-state index contributed by atoms with van der Waals surface area (Å²) < 4.78 is 5.22. The Labute approximate surface area is 165 Å². The lowest BCUT2D eigenvalue weighted by molar-refractivity contribution is 0.166. The topological polar surface area (TPSA) is 72.8 Å². The molecule has 1 fully saturated rings. The summed E-state index contributed by atoms with van der Waals surface area (Å²) in [5.74, 6) is 2.69. The second-order valence-electron chi connectivity index (χ2n) is 7.29. The summed E-state index contributed by atoms with van der Waals surface area (Å²) in [7, 11) is 1.63. The van der Waals surface area contributed by atoms with Crippen LogP contribution in [0.1, 0.15) is 12.5 Å². The minimum absolute atomic E-state index is 0.0748. The van der Waals surface area contributed by atoms with E-state index < -0.39 is 0 Å². The number of hydrogen-bond donors (Lipinski definition) is 1. The number of methoxy groups -OCH3 is 1. The Morgan fingerprint density at radius 3 is 2.75 bits per heavy atom. The molecule has 0 radical (unpaired) electrons. The number of aliphatic imine (C=N–C) groups is 2. The number of carbonyl (C=O) groups is 1. The lowest BCUT2D eigenvalue weighted by Gasteiger charge is -2.37. The maximum Gasteiger partial charge on any atom is 0.321 e. The summed E-state index contributed by atoms with van der Waals surface area (Å²) >= 11 is 0. The van der Waals surface area contributed by atoms with Gasteiger partial charge in [0.2, 0.25) is 0 Å². The fourth-order valence-corrected chi connectivity index (χ4v) is 3.60. The molecule has 1 saturated heterocycles. The average Bonchev–Trinajstić information content (AvgIpc) is 3.09. The molecule has 8 nitrogen and oxygen atoms in total. The van der Waals surface area contributed by atoms with Crippen molar-refractivity contribution in [2.75, 3.05) is 45.2 Å². The van der Waals surface area contributed by atoms with Crippen LogP contribution in [-0.2, 0) is 0 Å². The first-order valence-electron chi connectivity index (χ1n) is 9.59. The number of aryl methyl sites for hydroxylation is 1. The molecule has 0 bridgehead atoms. The number of rotatable bonds is 3. The van der Waals surface area contributed by atoms with Crippen molar-refractivity contribution < 1.29 is 9.53 Å². The molecule has 0 aliphatic carbocycles. The highest BCUT2D eigenvalue weighted by atomic mass is 16.5. The van der Waals surface area contributed by atoms with Crippen LogP contribution in [0.5, 0.6) is 5.75 Å². The highest BCUT2D eigenvalue weighted by Crippen LogP contribution is 2.22. The lowest BCUT2D eigenvalue weighted by atomic mass is 10.2. The van der Waals surface area contributed by atoms with Crippen LogP contribution in [-0.4, -0.2) is 78.8 Å². The third-order valence-electron chi connectivity index (χ3n) is 5.40. The second kappa shape index (κ2) is 7.53. The van der Waals surface area contributed by atoms with E-state index >= 15 is 0 Å². The van der Waals surface area contributed by atoms with Gasteiger partial charge in [0, 0.05) is 37.9 Å². The average molecular weight is 382 g/mol. The van der Waals surface area contributed by atoms with E-state index in [1.165, 1.54) is 0 Å². The number of anilines is 1. The van der Waals surface area contributed by atoms with Gasteiger partial charge in [0.05, 0.1) is 26.0 Å². The molecule has 1 atom stereocenters. The monoisotopic (exact) mass is 382 g/mol. The fraction of sp³-hybridized carbons (Fsp3) is 0.450. The van der Waals surface area contributed by atoms with Crippen LogP contribution in [0.4, 0.5) is 10.5 Å². The quantitative estimate of drug-likeness (QED) is 0.869. The SMILES string of the molecule is COc1ccc(NC(=O)N2CCN(C3=CC4=NCC(C)N4C=N3)CC2)c(C)c1. The molecular weight excluding hydrogens is 356 g/mol. The maximum absolute atomic E-state index is 12.6. The van der Waals surface area contributed by atoms with Crippen LogP contribution >= 0.6 is 0 Å². The van der Waals surface area contributed by atoms with Crippen LogP contribution < -0.4 is 10.1 Å². The van der Waals surface area contributed by atoms with Gasteiger partial charge in [0.15, 0.2) is 0 Å². The van der Waals surface area contributed by atoms with Crippen molar-refractivity contribution in [3.63, 3.8) is 0 Å². The van der Waals surface area contributed by atoms with Gasteiger partial charge in [0.1, 0.15) is 17.4 Å². The second-order valence-corrected chi connectivity index (χ2v) is 7.29. The van der Waals surface area contributed by atoms with Gasteiger partial charge in [0.25, 0.3) is 0 Å². The van der Waals surface area contributed by atoms with Gasteiger partial charge >= 0.3 is 6.03 Å². The van der Waals surface area contributed by atoms with E-state index in [0.717, 1.165) is 48.3 Å². The molecule has 8 heteroatoms. The molecule has 2 amide bonds. The molecule has 1 aromatic carbocycles. The highest BCUT2D eigenvalue weighted by molar-refractivity contribution is 6.03. The zero-order chi connectivity index (χ0) is 19.7. The first kappa shape index (κ1) is 18.3. The van der Waals surface area contributed by atoms with Crippen molar-refractivity contribution >= 4 is 23.9 Å². The van der Waals surface area contributed by atoms with Crippen molar-refractivity contribution in [2.45, 2.75) is 19.9 Å². The van der Waals surface area contributed by atoms with Gasteiger partial charge in [-0.3, -0.25) is 4.99 Å². The van der Waals surface area contributed by atoms with Crippen LogP contribution in [0.25, 0.3) is 0 Å². The van der Waals surface area contributed by atoms with E-state index in [2.05, 4.69) is 32.0 Å². The first-order chi connectivity index (χ1) is 13.5. The first-order valence-corrected chi connectivity index (χ1v) is 9.59. The Bertz CT molecular complexity index is 854. The number of amidine groups is 1. The molecular formula is C20H26N6O2. The third kappa shape index (κ3) is 3.54. The number of ether oxygens (including phenoxy) is 1. The number of nitrogens with zero attached hydrogens (tertiary/aromatic N) is 5. The minimum atomic E-state index is -0.0748. The van der Waals surface area contributed by atoms with Gasteiger partial charge in [-0.15, -0.1) is 0 Å². The summed E-state index contributed by atoms with van der Waals surface area (Å²) in [4.78, 5) is 27.9. The molecule has 3 heterocycles. The molecule has 0 aromatic heterocycles. The number of urea groups is 1. The van der Waals surface area contributed by atoms with Crippen molar-refractivity contribution in [3.05, 3.63) is 35.7 Å². The van der Waals surface area contributed by atoms with Gasteiger partial charge in [-0.1, -0.05) is 0 Å². The number of nitrogens with one attached hydrogen (secondary N) is 1. The fourth-order valence-electron chi connectivity index (χ4n) is 3.60. The molecule has 3 aliphatic heterocycles. The molecule has 4 rings (SSSR count). The molecule has 28 heavy (non-hydrogen) atoms. The summed E-state index contributed by atoms with van der Waals surface area (Å²) in [6.45, 7) is 7.72. The van der Waals surface area contributed by atoms with E-state index in [1.54, 1.807) is 7.11 Å². The van der Waals surface area contributed by atoms with Crippen molar-refractivity contribution in [3.8, 4) is 5.75 Å². The van der Waals surface area contributed by atoms with E-state index in [-0.39, 0.29) is 6.03 Å². The number of benzene rings is 1. The minimum Gasteiger partial charge on any atom is -0.497 e. The summed E-state index contributed by atoms with van der Waals surface area (Å²) in [5, 5.41) is 3.00. The Morgan fingerprint density at radius 1 is 1.25 bits per heavy atom. The van der Waals surface area contributed by atoms with Gasteiger partial charge in [-0.05, 0) is 37.6 Å². The molecule has 1 unspecified atom stereocenters. The number of hydrogen-bond acceptors (Lipinski definition) is 6. The molecule has 3 aliphatic rings. The van der Waals surface area contributed by atoms with Gasteiger partial charge < -0.3 is 24.8 Å². The molecule has 1 N–H and O–H groups in total. The standard InChI is InChI=1S/C20H26N6O2/c1-14-10-16(28-3)4-5-17(14)23-20(27)25-8-6-24(7-9-25)18-11-19-21-12-15(2)26(19)13-22-18/h4-5,10-11,13,15H,6-9,12H2,1-3H3,(H,23,27). The highest BCUT2D eigenvalue weighted by Gasteiger charge is 2.28. The van der Waals surface area contributed by atoms with E-state index in [0.29, 0.717) is 19.1 Å². The maximum atomic E-state index is 12.6. The molecule has 1 aromatic rings. The number of fused-ring (bicyclic) bond motifs is 1. The Kier molecular flexibility index (Phi) is 4.93. The normalized spacial score (nSPS) is 21.2. The summed E-state index contributed by atoms with van der Waals surface area (Å²) in [6, 6.07) is 5.94. The van der Waals surface area contributed by atoms with Gasteiger partial charge in [-0.2, -0.15) is 0 Å². The Hall–Kier alpha value is -3.03. The number of amides is 2. The Morgan fingerprint density at radius 2 is 2.04 bits per heavy atom. The zero-order valence-corrected chi connectivity index (χ0v) is 16.6. The van der Waals surface area contributed by atoms with Crippen molar-refractivity contribution in [1.29, 1.82) is 0 Å². The molecule has 0 saturated carbocycles. The van der Waals surface area contributed by atoms with E-state index in [4.69, 9.17) is 4.74 Å². The molecule has 0 spiro atoms. The predicted molar refractivity (Wildman–Crippen MR) is 110 cm³/mol. The summed E-state index contributed by atoms with van der Waals surface area (Å²) in [6.07, 6.45) is 3.91. The number of piperazine rings is 1. The van der Waals surface area contributed by atoms with Crippen LogP contribution in [0.2, 0.25) is 0 Å². The molecule has 148 valence electrons. The smallest absolute Gasteiger partial charge is 0.321 e.